The highest BCUT2D eigenvalue weighted by atomic mass is 16.4. The normalized spacial score (nSPS) is 17.7. The highest BCUT2D eigenvalue weighted by molar-refractivity contribution is 5.86. The van der Waals surface area contributed by atoms with E-state index in [1.54, 1.807) is 6.07 Å². The number of carbonyl (C=O) groups is 1. The van der Waals surface area contributed by atoms with Crippen LogP contribution in [0.1, 0.15) is 27.3 Å². The van der Waals surface area contributed by atoms with Crippen LogP contribution in [0.3, 0.4) is 0 Å². The van der Waals surface area contributed by atoms with Crippen molar-refractivity contribution in [1.29, 1.82) is 0 Å². The Morgan fingerprint density at radius 1 is 1.28 bits per heavy atom. The molecule has 3 nitrogen and oxygen atoms in total. The molecule has 1 heterocycles. The molecule has 0 saturated heterocycles. The van der Waals surface area contributed by atoms with Crippen LogP contribution in [0.2, 0.25) is 0 Å². The van der Waals surface area contributed by atoms with Crippen LogP contribution >= 0.6 is 0 Å². The van der Waals surface area contributed by atoms with E-state index in [1.807, 2.05) is 6.07 Å². The number of aromatic amines is 1. The highest BCUT2D eigenvalue weighted by Crippen LogP contribution is 2.29. The topological polar surface area (TPSA) is 53.1 Å². The number of carboxylic acid groups (broad SMARTS) is 1. The Balaban J connectivity index is 1.70. The molecule has 0 radical (unpaired) electrons. The Labute approximate surface area is 105 Å². The van der Waals surface area contributed by atoms with E-state index in [0.717, 1.165) is 25.0 Å². The average Bonchev–Trinajstić information content (AvgIpc) is 2.88. The minimum absolute atomic E-state index is 0.318. The van der Waals surface area contributed by atoms with E-state index in [4.69, 9.17) is 5.11 Å². The molecule has 1 aliphatic rings. The fourth-order valence-corrected chi connectivity index (χ4v) is 2.78. The Hall–Kier alpha value is -2.03. The first kappa shape index (κ1) is 11.1. The van der Waals surface area contributed by atoms with Gasteiger partial charge in [0.2, 0.25) is 0 Å². The third-order valence-electron chi connectivity index (χ3n) is 3.59. The molecule has 1 atom stereocenters. The van der Waals surface area contributed by atoms with Gasteiger partial charge in [-0.2, -0.15) is 0 Å². The number of nitrogens with one attached hydrogen (secondary N) is 1. The van der Waals surface area contributed by atoms with E-state index < -0.39 is 5.97 Å². The number of fused-ring (bicyclic) bond motifs is 1. The number of hydrogen-bond donors (Lipinski definition) is 2. The first-order chi connectivity index (χ1) is 8.72. The van der Waals surface area contributed by atoms with E-state index in [1.165, 1.54) is 11.1 Å². The number of rotatable bonds is 3. The van der Waals surface area contributed by atoms with Gasteiger partial charge in [0.05, 0.1) is 0 Å². The Morgan fingerprint density at radius 2 is 2.06 bits per heavy atom. The van der Waals surface area contributed by atoms with Crippen LogP contribution in [0, 0.1) is 5.92 Å². The predicted octanol–water partition coefficient (Wildman–Crippen LogP) is 2.67. The van der Waals surface area contributed by atoms with Crippen LogP contribution in [-0.4, -0.2) is 16.1 Å². The van der Waals surface area contributed by atoms with Gasteiger partial charge in [0.15, 0.2) is 0 Å². The minimum atomic E-state index is -0.871. The van der Waals surface area contributed by atoms with Crippen LogP contribution < -0.4 is 0 Å². The Bertz CT molecular complexity index is 548. The zero-order valence-corrected chi connectivity index (χ0v) is 10.0. The van der Waals surface area contributed by atoms with E-state index >= 15 is 0 Å². The molecule has 0 aliphatic heterocycles. The van der Waals surface area contributed by atoms with Crippen LogP contribution in [0.4, 0.5) is 0 Å². The lowest BCUT2D eigenvalue weighted by Gasteiger charge is -2.08. The summed E-state index contributed by atoms with van der Waals surface area (Å²) in [5.41, 5.74) is 3.95. The third-order valence-corrected chi connectivity index (χ3v) is 3.59. The van der Waals surface area contributed by atoms with Crippen LogP contribution in [-0.2, 0) is 19.3 Å². The fraction of sp³-hybridized carbons (Fsp3) is 0.267. The van der Waals surface area contributed by atoms with Crippen molar-refractivity contribution in [2.24, 2.45) is 5.92 Å². The highest BCUT2D eigenvalue weighted by Gasteiger charge is 2.25. The molecule has 18 heavy (non-hydrogen) atoms. The lowest BCUT2D eigenvalue weighted by Crippen LogP contribution is -2.06. The maximum absolute atomic E-state index is 10.8. The van der Waals surface area contributed by atoms with Gasteiger partial charge in [0, 0.05) is 5.69 Å². The molecule has 2 aromatic rings. The smallest absolute Gasteiger partial charge is 0.352 e. The van der Waals surface area contributed by atoms with E-state index in [0.29, 0.717) is 11.6 Å². The van der Waals surface area contributed by atoms with Crippen molar-refractivity contribution in [1.82, 2.24) is 4.98 Å². The van der Waals surface area contributed by atoms with Gasteiger partial charge in [0.25, 0.3) is 0 Å². The molecular formula is C15H15NO2. The molecule has 1 aliphatic carbocycles. The van der Waals surface area contributed by atoms with Gasteiger partial charge in [-0.1, -0.05) is 30.3 Å². The van der Waals surface area contributed by atoms with Crippen molar-refractivity contribution in [3.8, 4) is 0 Å². The zero-order chi connectivity index (χ0) is 12.5. The van der Waals surface area contributed by atoms with Gasteiger partial charge in [-0.3, -0.25) is 0 Å². The molecule has 0 fully saturated rings. The summed E-state index contributed by atoms with van der Waals surface area (Å²) in [6.45, 7) is 0. The second-order valence-electron chi connectivity index (χ2n) is 4.96. The summed E-state index contributed by atoms with van der Waals surface area (Å²) in [5.74, 6) is -0.277. The molecular weight excluding hydrogens is 226 g/mol. The van der Waals surface area contributed by atoms with E-state index in [-0.39, 0.29) is 0 Å². The van der Waals surface area contributed by atoms with Gasteiger partial charge >= 0.3 is 5.97 Å². The number of carboxylic acids is 1. The van der Waals surface area contributed by atoms with Crippen LogP contribution in [0.15, 0.2) is 36.4 Å². The van der Waals surface area contributed by atoms with E-state index in [9.17, 15) is 4.79 Å². The van der Waals surface area contributed by atoms with Gasteiger partial charge < -0.3 is 10.1 Å². The predicted molar refractivity (Wildman–Crippen MR) is 68.8 cm³/mol. The van der Waals surface area contributed by atoms with Crippen LogP contribution in [0.25, 0.3) is 0 Å². The summed E-state index contributed by atoms with van der Waals surface area (Å²) in [5, 5.41) is 8.91. The molecule has 1 unspecified atom stereocenters. The SMILES string of the molecule is O=C(O)c1cc2c([nH]1)CC(Cc1ccccc1)C2. The van der Waals surface area contributed by atoms with Gasteiger partial charge in [-0.15, -0.1) is 0 Å². The van der Waals surface area contributed by atoms with Gasteiger partial charge in [-0.05, 0) is 42.4 Å². The summed E-state index contributed by atoms with van der Waals surface area (Å²) in [4.78, 5) is 13.9. The molecule has 1 aromatic heterocycles. The molecule has 0 spiro atoms. The molecule has 0 amide bonds. The molecule has 2 N–H and O–H groups in total. The molecule has 3 rings (SSSR count). The third kappa shape index (κ3) is 2.04. The first-order valence-corrected chi connectivity index (χ1v) is 6.20. The van der Waals surface area contributed by atoms with Crippen LogP contribution in [0.5, 0.6) is 0 Å². The number of aromatic nitrogens is 1. The summed E-state index contributed by atoms with van der Waals surface area (Å²) in [6, 6.07) is 12.2. The first-order valence-electron chi connectivity index (χ1n) is 6.20. The van der Waals surface area contributed by atoms with Crippen molar-refractivity contribution in [3.05, 3.63) is 58.9 Å². The summed E-state index contributed by atoms with van der Waals surface area (Å²) in [7, 11) is 0. The molecule has 0 saturated carbocycles. The molecule has 92 valence electrons. The van der Waals surface area contributed by atoms with Crippen molar-refractivity contribution < 1.29 is 9.90 Å². The van der Waals surface area contributed by atoms with E-state index in [2.05, 4.69) is 29.2 Å². The summed E-state index contributed by atoms with van der Waals surface area (Å²) < 4.78 is 0. The second-order valence-corrected chi connectivity index (χ2v) is 4.96. The molecule has 0 bridgehead atoms. The second kappa shape index (κ2) is 4.33. The van der Waals surface area contributed by atoms with Crippen molar-refractivity contribution in [3.63, 3.8) is 0 Å². The standard InChI is InChI=1S/C15H15NO2/c17-15(18)14-9-12-7-11(8-13(12)16-14)6-10-4-2-1-3-5-10/h1-5,9,11,16H,6-8H2,(H,17,18). The lowest BCUT2D eigenvalue weighted by atomic mass is 9.97. The lowest BCUT2D eigenvalue weighted by molar-refractivity contribution is 0.0691. The molecule has 1 aromatic carbocycles. The average molecular weight is 241 g/mol. The van der Waals surface area contributed by atoms with Gasteiger partial charge in [-0.25, -0.2) is 4.79 Å². The molecule has 3 heteroatoms. The van der Waals surface area contributed by atoms with Crippen molar-refractivity contribution >= 4 is 5.97 Å². The summed E-state index contributed by atoms with van der Waals surface area (Å²) >= 11 is 0. The number of aromatic carboxylic acids is 1. The maximum Gasteiger partial charge on any atom is 0.352 e. The Morgan fingerprint density at radius 3 is 2.72 bits per heavy atom. The van der Waals surface area contributed by atoms with Gasteiger partial charge in [0.1, 0.15) is 5.69 Å². The van der Waals surface area contributed by atoms with Crippen molar-refractivity contribution in [2.75, 3.05) is 0 Å². The maximum atomic E-state index is 10.8. The Kier molecular flexibility index (Phi) is 2.67. The zero-order valence-electron chi connectivity index (χ0n) is 10.0. The number of benzene rings is 1. The number of hydrogen-bond acceptors (Lipinski definition) is 1. The fourth-order valence-electron chi connectivity index (χ4n) is 2.78. The number of H-pyrrole nitrogens is 1. The summed E-state index contributed by atoms with van der Waals surface area (Å²) in [6.07, 6.45) is 3.00. The largest absolute Gasteiger partial charge is 0.477 e. The minimum Gasteiger partial charge on any atom is -0.477 e. The quantitative estimate of drug-likeness (QED) is 0.868. The monoisotopic (exact) mass is 241 g/mol. The van der Waals surface area contributed by atoms with Crippen molar-refractivity contribution in [2.45, 2.75) is 19.3 Å².